The summed E-state index contributed by atoms with van der Waals surface area (Å²) in [7, 11) is 1.88. The summed E-state index contributed by atoms with van der Waals surface area (Å²) in [5, 5.41) is 10.4. The Labute approximate surface area is 102 Å². The number of aromatic nitrogens is 2. The number of hydrogen-bond acceptors (Lipinski definition) is 3. The average Bonchev–Trinajstić information content (AvgIpc) is 2.72. The van der Waals surface area contributed by atoms with Crippen LogP contribution in [0.15, 0.2) is 12.3 Å². The zero-order valence-electron chi connectivity index (χ0n) is 10.4. The third-order valence-corrected chi connectivity index (χ3v) is 3.46. The summed E-state index contributed by atoms with van der Waals surface area (Å²) >= 11 is 0. The fourth-order valence-corrected chi connectivity index (χ4v) is 2.29. The molecule has 94 valence electrons. The minimum atomic E-state index is 0.0944. The third-order valence-electron chi connectivity index (χ3n) is 3.46. The Kier molecular flexibility index (Phi) is 3.78. The summed E-state index contributed by atoms with van der Waals surface area (Å²) in [4.78, 5) is 12.0. The molecule has 5 nitrogen and oxygen atoms in total. The van der Waals surface area contributed by atoms with E-state index < -0.39 is 0 Å². The second-order valence-electron chi connectivity index (χ2n) is 4.66. The molecule has 1 fully saturated rings. The van der Waals surface area contributed by atoms with Gasteiger partial charge in [-0.05, 0) is 32.4 Å². The molecule has 1 aliphatic rings. The van der Waals surface area contributed by atoms with Gasteiger partial charge in [0.25, 0.3) is 0 Å². The van der Waals surface area contributed by atoms with E-state index in [1.165, 1.54) is 0 Å². The van der Waals surface area contributed by atoms with Gasteiger partial charge in [0.05, 0.1) is 18.2 Å². The van der Waals surface area contributed by atoms with Crippen LogP contribution in [0.1, 0.15) is 25.5 Å². The Morgan fingerprint density at radius 1 is 1.71 bits per heavy atom. The molecule has 0 aliphatic carbocycles. The van der Waals surface area contributed by atoms with E-state index in [0.717, 1.165) is 25.1 Å². The molecule has 17 heavy (non-hydrogen) atoms. The van der Waals surface area contributed by atoms with Gasteiger partial charge in [-0.2, -0.15) is 5.10 Å². The van der Waals surface area contributed by atoms with Gasteiger partial charge in [-0.15, -0.1) is 0 Å². The molecule has 0 aromatic carbocycles. The monoisotopic (exact) mass is 236 g/mol. The molecule has 0 saturated carbocycles. The van der Waals surface area contributed by atoms with Crippen LogP contribution >= 0.6 is 0 Å². The molecule has 2 unspecified atom stereocenters. The van der Waals surface area contributed by atoms with Crippen LogP contribution in [-0.2, 0) is 18.4 Å². The van der Waals surface area contributed by atoms with Crippen molar-refractivity contribution in [2.24, 2.45) is 13.0 Å². The minimum absolute atomic E-state index is 0.0944. The Bertz CT molecular complexity index is 388. The van der Waals surface area contributed by atoms with Crippen LogP contribution in [0.25, 0.3) is 0 Å². The molecule has 1 amide bonds. The summed E-state index contributed by atoms with van der Waals surface area (Å²) < 4.78 is 1.78. The van der Waals surface area contributed by atoms with Gasteiger partial charge in [-0.1, -0.05) is 0 Å². The lowest BCUT2D eigenvalue weighted by molar-refractivity contribution is -0.126. The maximum atomic E-state index is 12.0. The Morgan fingerprint density at radius 2 is 2.53 bits per heavy atom. The summed E-state index contributed by atoms with van der Waals surface area (Å²) in [5.74, 6) is 0.239. The van der Waals surface area contributed by atoms with Crippen molar-refractivity contribution >= 4 is 5.91 Å². The van der Waals surface area contributed by atoms with E-state index in [1.807, 2.05) is 13.1 Å². The first kappa shape index (κ1) is 12.1. The van der Waals surface area contributed by atoms with E-state index in [4.69, 9.17) is 0 Å². The number of carbonyl (C=O) groups is 1. The zero-order chi connectivity index (χ0) is 12.3. The summed E-state index contributed by atoms with van der Waals surface area (Å²) in [6.07, 6.45) is 3.80. The number of piperidine rings is 1. The largest absolute Gasteiger partial charge is 0.350 e. The standard InChI is InChI=1S/C12H20N4O/c1-9-11(4-3-6-13-9)12(17)14-8-10-5-7-15-16(10)2/h5,7,9,11,13H,3-4,6,8H2,1-2H3,(H,14,17). The molecule has 2 atom stereocenters. The second-order valence-corrected chi connectivity index (χ2v) is 4.66. The van der Waals surface area contributed by atoms with Crippen molar-refractivity contribution in [2.45, 2.75) is 32.4 Å². The molecule has 1 aliphatic heterocycles. The molecule has 2 N–H and O–H groups in total. The van der Waals surface area contributed by atoms with E-state index in [9.17, 15) is 4.79 Å². The zero-order valence-corrected chi connectivity index (χ0v) is 10.4. The molecule has 2 rings (SSSR count). The van der Waals surface area contributed by atoms with Crippen molar-refractivity contribution in [3.05, 3.63) is 18.0 Å². The molecule has 0 spiro atoms. The summed E-state index contributed by atoms with van der Waals surface area (Å²) in [5.41, 5.74) is 1.02. The van der Waals surface area contributed by atoms with Crippen molar-refractivity contribution in [3.8, 4) is 0 Å². The highest BCUT2D eigenvalue weighted by Crippen LogP contribution is 2.16. The van der Waals surface area contributed by atoms with E-state index in [0.29, 0.717) is 6.54 Å². The maximum Gasteiger partial charge on any atom is 0.224 e. The quantitative estimate of drug-likeness (QED) is 0.800. The van der Waals surface area contributed by atoms with Crippen LogP contribution in [0.3, 0.4) is 0 Å². The molecular weight excluding hydrogens is 216 g/mol. The Balaban J connectivity index is 1.86. The lowest BCUT2D eigenvalue weighted by Crippen LogP contribution is -2.46. The van der Waals surface area contributed by atoms with Gasteiger partial charge in [-0.3, -0.25) is 9.48 Å². The number of nitrogens with one attached hydrogen (secondary N) is 2. The van der Waals surface area contributed by atoms with Crippen molar-refractivity contribution in [1.29, 1.82) is 0 Å². The molecular formula is C12H20N4O. The normalized spacial score (nSPS) is 24.6. The van der Waals surface area contributed by atoms with Gasteiger partial charge >= 0.3 is 0 Å². The van der Waals surface area contributed by atoms with Crippen molar-refractivity contribution in [2.75, 3.05) is 6.54 Å². The highest BCUT2D eigenvalue weighted by molar-refractivity contribution is 5.79. The van der Waals surface area contributed by atoms with Crippen LogP contribution < -0.4 is 10.6 Å². The van der Waals surface area contributed by atoms with E-state index >= 15 is 0 Å². The number of hydrogen-bond donors (Lipinski definition) is 2. The first-order valence-corrected chi connectivity index (χ1v) is 6.16. The summed E-state index contributed by atoms with van der Waals surface area (Å²) in [6, 6.07) is 2.19. The van der Waals surface area contributed by atoms with Crippen molar-refractivity contribution < 1.29 is 4.79 Å². The first-order chi connectivity index (χ1) is 8.18. The number of amides is 1. The Hall–Kier alpha value is -1.36. The minimum Gasteiger partial charge on any atom is -0.350 e. The van der Waals surface area contributed by atoms with Crippen LogP contribution in [-0.4, -0.2) is 28.3 Å². The third kappa shape index (κ3) is 2.85. The average molecular weight is 236 g/mol. The predicted molar refractivity (Wildman–Crippen MR) is 65.2 cm³/mol. The highest BCUT2D eigenvalue weighted by atomic mass is 16.1. The lowest BCUT2D eigenvalue weighted by Gasteiger charge is -2.28. The smallest absolute Gasteiger partial charge is 0.224 e. The number of nitrogens with zero attached hydrogens (tertiary/aromatic N) is 2. The van der Waals surface area contributed by atoms with Gasteiger partial charge in [0.1, 0.15) is 0 Å². The fraction of sp³-hybridized carbons (Fsp3) is 0.667. The molecule has 1 aromatic heterocycles. The van der Waals surface area contributed by atoms with Crippen LogP contribution in [0, 0.1) is 5.92 Å². The van der Waals surface area contributed by atoms with Gasteiger partial charge in [0.15, 0.2) is 0 Å². The Morgan fingerprint density at radius 3 is 3.18 bits per heavy atom. The van der Waals surface area contributed by atoms with Crippen LogP contribution in [0.2, 0.25) is 0 Å². The van der Waals surface area contributed by atoms with Gasteiger partial charge in [0.2, 0.25) is 5.91 Å². The first-order valence-electron chi connectivity index (χ1n) is 6.16. The molecule has 0 radical (unpaired) electrons. The van der Waals surface area contributed by atoms with E-state index in [-0.39, 0.29) is 17.9 Å². The molecule has 1 aromatic rings. The fourth-order valence-electron chi connectivity index (χ4n) is 2.29. The van der Waals surface area contributed by atoms with Gasteiger partial charge in [-0.25, -0.2) is 0 Å². The molecule has 0 bridgehead atoms. The van der Waals surface area contributed by atoms with E-state index in [2.05, 4.69) is 22.7 Å². The van der Waals surface area contributed by atoms with E-state index in [1.54, 1.807) is 10.9 Å². The maximum absolute atomic E-state index is 12.0. The second kappa shape index (κ2) is 5.31. The van der Waals surface area contributed by atoms with Crippen molar-refractivity contribution in [3.63, 3.8) is 0 Å². The van der Waals surface area contributed by atoms with Crippen molar-refractivity contribution in [1.82, 2.24) is 20.4 Å². The topological polar surface area (TPSA) is 59.0 Å². The summed E-state index contributed by atoms with van der Waals surface area (Å²) in [6.45, 7) is 3.65. The van der Waals surface area contributed by atoms with Crippen LogP contribution in [0.4, 0.5) is 0 Å². The SMILES string of the molecule is CC1NCCCC1C(=O)NCc1ccnn1C. The number of aryl methyl sites for hydroxylation is 1. The van der Waals surface area contributed by atoms with Gasteiger partial charge in [0, 0.05) is 19.3 Å². The highest BCUT2D eigenvalue weighted by Gasteiger charge is 2.27. The van der Waals surface area contributed by atoms with Crippen LogP contribution in [0.5, 0.6) is 0 Å². The lowest BCUT2D eigenvalue weighted by atomic mass is 9.91. The predicted octanol–water partition coefficient (Wildman–Crippen LogP) is 0.424. The molecule has 1 saturated heterocycles. The molecule has 2 heterocycles. The molecule has 5 heteroatoms. The van der Waals surface area contributed by atoms with Gasteiger partial charge < -0.3 is 10.6 Å². The number of carbonyl (C=O) groups excluding carboxylic acids is 1. The number of rotatable bonds is 3.